The summed E-state index contributed by atoms with van der Waals surface area (Å²) in [5, 5.41) is 11.0. The topological polar surface area (TPSA) is 96.7 Å². The lowest BCUT2D eigenvalue weighted by atomic mass is 10.1. The summed E-state index contributed by atoms with van der Waals surface area (Å²) in [7, 11) is 0. The smallest absolute Gasteiger partial charge is 0.261 e. The lowest BCUT2D eigenvalue weighted by Gasteiger charge is -2.13. The van der Waals surface area contributed by atoms with Crippen molar-refractivity contribution in [3.8, 4) is 0 Å². The van der Waals surface area contributed by atoms with Gasteiger partial charge >= 0.3 is 0 Å². The molecule has 4 rings (SSSR count). The van der Waals surface area contributed by atoms with E-state index in [1.807, 2.05) is 35.7 Å². The predicted molar refractivity (Wildman–Crippen MR) is 101 cm³/mol. The molecule has 0 saturated heterocycles. The summed E-state index contributed by atoms with van der Waals surface area (Å²) in [6.07, 6.45) is 2.46. The Labute approximate surface area is 161 Å². The normalized spacial score (nSPS) is 13.2. The largest absolute Gasteiger partial charge is 0.356 e. The fourth-order valence-corrected chi connectivity index (χ4v) is 3.28. The van der Waals surface area contributed by atoms with E-state index >= 15 is 0 Å². The molecule has 0 spiro atoms. The van der Waals surface area contributed by atoms with Gasteiger partial charge in [-0.05, 0) is 31.2 Å². The molecule has 0 saturated carbocycles. The van der Waals surface area contributed by atoms with Gasteiger partial charge in [0, 0.05) is 32.1 Å². The molecular weight excluding hydrogens is 358 g/mol. The Morgan fingerprint density at radius 1 is 1.07 bits per heavy atom. The molecule has 1 aromatic carbocycles. The monoisotopic (exact) mass is 377 g/mol. The van der Waals surface area contributed by atoms with Gasteiger partial charge in [-0.2, -0.15) is 0 Å². The van der Waals surface area contributed by atoms with Crippen molar-refractivity contribution in [3.63, 3.8) is 0 Å². The summed E-state index contributed by atoms with van der Waals surface area (Å²) < 4.78 is 1.87. The van der Waals surface area contributed by atoms with Gasteiger partial charge in [-0.15, -0.1) is 10.2 Å². The number of fused-ring (bicyclic) bond motifs is 2. The number of pyridine rings is 1. The van der Waals surface area contributed by atoms with Gasteiger partial charge in [0.25, 0.3) is 11.8 Å². The lowest BCUT2D eigenvalue weighted by Crippen LogP contribution is -2.35. The van der Waals surface area contributed by atoms with Gasteiger partial charge in [0.05, 0.1) is 11.1 Å². The van der Waals surface area contributed by atoms with Crippen molar-refractivity contribution in [1.29, 1.82) is 0 Å². The minimum atomic E-state index is -0.345. The summed E-state index contributed by atoms with van der Waals surface area (Å²) in [6.45, 7) is 2.33. The minimum absolute atomic E-state index is 0.0605. The predicted octanol–water partition coefficient (Wildman–Crippen LogP) is 1.38. The number of aromatic nitrogens is 3. The van der Waals surface area contributed by atoms with Crippen LogP contribution in [-0.2, 0) is 11.2 Å². The number of carbonyl (C=O) groups is 3. The van der Waals surface area contributed by atoms with Crippen molar-refractivity contribution < 1.29 is 14.4 Å². The summed E-state index contributed by atoms with van der Waals surface area (Å²) in [6, 6.07) is 10.8. The maximum atomic E-state index is 12.4. The second-order valence-corrected chi connectivity index (χ2v) is 6.71. The van der Waals surface area contributed by atoms with Gasteiger partial charge < -0.3 is 5.32 Å². The Hall–Kier alpha value is -3.55. The third-order valence-corrected chi connectivity index (χ3v) is 4.74. The molecule has 2 aromatic heterocycles. The summed E-state index contributed by atoms with van der Waals surface area (Å²) >= 11 is 0. The van der Waals surface area contributed by atoms with Crippen LogP contribution >= 0.6 is 0 Å². The van der Waals surface area contributed by atoms with Crippen LogP contribution in [0.5, 0.6) is 0 Å². The lowest BCUT2D eigenvalue weighted by molar-refractivity contribution is -0.121. The maximum Gasteiger partial charge on any atom is 0.261 e. The molecule has 0 bridgehead atoms. The first-order valence-corrected chi connectivity index (χ1v) is 9.07. The van der Waals surface area contributed by atoms with Crippen molar-refractivity contribution in [2.24, 2.45) is 0 Å². The molecule has 142 valence electrons. The number of hydrogen-bond donors (Lipinski definition) is 1. The second-order valence-electron chi connectivity index (χ2n) is 6.71. The van der Waals surface area contributed by atoms with Crippen LogP contribution in [0.4, 0.5) is 0 Å². The number of nitrogens with one attached hydrogen (secondary N) is 1. The molecule has 3 aromatic rings. The fourth-order valence-electron chi connectivity index (χ4n) is 3.28. The molecule has 1 aliphatic rings. The van der Waals surface area contributed by atoms with Crippen LogP contribution < -0.4 is 5.32 Å². The van der Waals surface area contributed by atoms with Crippen LogP contribution in [0.2, 0.25) is 0 Å². The van der Waals surface area contributed by atoms with E-state index in [-0.39, 0.29) is 30.7 Å². The Morgan fingerprint density at radius 3 is 2.75 bits per heavy atom. The second kappa shape index (κ2) is 7.22. The Kier molecular flexibility index (Phi) is 4.60. The van der Waals surface area contributed by atoms with Gasteiger partial charge in [0.2, 0.25) is 5.91 Å². The molecule has 8 heteroatoms. The first-order valence-electron chi connectivity index (χ1n) is 9.07. The molecular formula is C20H19N5O3. The minimum Gasteiger partial charge on any atom is -0.356 e. The number of benzene rings is 1. The number of nitrogens with zero attached hydrogens (tertiary/aromatic N) is 4. The van der Waals surface area contributed by atoms with Gasteiger partial charge in [0.1, 0.15) is 5.82 Å². The van der Waals surface area contributed by atoms with Crippen LogP contribution in [-0.4, -0.2) is 50.3 Å². The molecule has 3 amide bonds. The molecule has 1 aliphatic heterocycles. The van der Waals surface area contributed by atoms with Crippen molar-refractivity contribution in [2.45, 2.75) is 19.8 Å². The number of imide groups is 1. The van der Waals surface area contributed by atoms with Crippen LogP contribution in [0.3, 0.4) is 0 Å². The standard InChI is InChI=1S/C20H19N5O3/c1-13-5-6-14-15(12-13)20(28)25(19(14)27)11-8-18(26)21-9-7-17-23-22-16-4-2-3-10-24(16)17/h2-6,10,12H,7-9,11H2,1H3,(H,21,26). The first kappa shape index (κ1) is 17.8. The molecule has 0 atom stereocenters. The molecule has 0 aliphatic carbocycles. The number of rotatable bonds is 6. The van der Waals surface area contributed by atoms with E-state index in [2.05, 4.69) is 15.5 Å². The summed E-state index contributed by atoms with van der Waals surface area (Å²) in [4.78, 5) is 38.1. The van der Waals surface area contributed by atoms with Crippen LogP contribution in [0.1, 0.15) is 38.5 Å². The number of amides is 3. The SMILES string of the molecule is Cc1ccc2c(c1)C(=O)N(CCC(=O)NCCc1nnc3ccccn13)C2=O. The zero-order chi connectivity index (χ0) is 19.7. The van der Waals surface area contributed by atoms with Crippen LogP contribution in [0.15, 0.2) is 42.6 Å². The van der Waals surface area contributed by atoms with Gasteiger partial charge in [0.15, 0.2) is 5.65 Å². The first-order chi connectivity index (χ1) is 13.5. The Bertz CT molecular complexity index is 1090. The summed E-state index contributed by atoms with van der Waals surface area (Å²) in [5.41, 5.74) is 2.48. The van der Waals surface area contributed by atoms with E-state index in [1.54, 1.807) is 18.2 Å². The van der Waals surface area contributed by atoms with E-state index in [4.69, 9.17) is 0 Å². The van der Waals surface area contributed by atoms with Crippen LogP contribution in [0.25, 0.3) is 5.65 Å². The highest BCUT2D eigenvalue weighted by atomic mass is 16.2. The Balaban J connectivity index is 1.29. The molecule has 1 N–H and O–H groups in total. The van der Waals surface area contributed by atoms with E-state index in [0.29, 0.717) is 24.1 Å². The van der Waals surface area contributed by atoms with Crippen molar-refractivity contribution in [2.75, 3.05) is 13.1 Å². The molecule has 3 heterocycles. The van der Waals surface area contributed by atoms with Gasteiger partial charge in [-0.3, -0.25) is 23.7 Å². The highest BCUT2D eigenvalue weighted by molar-refractivity contribution is 6.21. The molecule has 28 heavy (non-hydrogen) atoms. The van der Waals surface area contributed by atoms with E-state index in [1.165, 1.54) is 0 Å². The highest BCUT2D eigenvalue weighted by Gasteiger charge is 2.35. The average Bonchev–Trinajstić information content (AvgIpc) is 3.20. The summed E-state index contributed by atoms with van der Waals surface area (Å²) in [5.74, 6) is -0.151. The number of carbonyl (C=O) groups excluding carboxylic acids is 3. The van der Waals surface area contributed by atoms with Gasteiger partial charge in [-0.1, -0.05) is 17.7 Å². The van der Waals surface area contributed by atoms with Crippen LogP contribution in [0, 0.1) is 6.92 Å². The maximum absolute atomic E-state index is 12.4. The van der Waals surface area contributed by atoms with Crippen molar-refractivity contribution in [3.05, 3.63) is 65.1 Å². The highest BCUT2D eigenvalue weighted by Crippen LogP contribution is 2.23. The van der Waals surface area contributed by atoms with Crippen molar-refractivity contribution >= 4 is 23.4 Å². The molecule has 0 radical (unpaired) electrons. The Morgan fingerprint density at radius 2 is 1.89 bits per heavy atom. The third-order valence-electron chi connectivity index (χ3n) is 4.74. The zero-order valence-electron chi connectivity index (χ0n) is 15.4. The van der Waals surface area contributed by atoms with E-state index < -0.39 is 0 Å². The quantitative estimate of drug-likeness (QED) is 0.655. The number of hydrogen-bond acceptors (Lipinski definition) is 5. The number of aryl methyl sites for hydroxylation is 1. The zero-order valence-corrected chi connectivity index (χ0v) is 15.4. The van der Waals surface area contributed by atoms with E-state index in [9.17, 15) is 14.4 Å². The molecule has 0 fully saturated rings. The van der Waals surface area contributed by atoms with E-state index in [0.717, 1.165) is 21.9 Å². The molecule has 8 nitrogen and oxygen atoms in total. The molecule has 0 unspecified atom stereocenters. The van der Waals surface area contributed by atoms with Crippen molar-refractivity contribution in [1.82, 2.24) is 24.8 Å². The van der Waals surface area contributed by atoms with Gasteiger partial charge in [-0.25, -0.2) is 0 Å². The average molecular weight is 377 g/mol. The third kappa shape index (κ3) is 3.24. The fraction of sp³-hybridized carbons (Fsp3) is 0.250.